The van der Waals surface area contributed by atoms with Gasteiger partial charge in [0.1, 0.15) is 5.75 Å². The Kier molecular flexibility index (Phi) is 6.59. The summed E-state index contributed by atoms with van der Waals surface area (Å²) in [6, 6.07) is 14.5. The highest BCUT2D eigenvalue weighted by molar-refractivity contribution is 7.89. The van der Waals surface area contributed by atoms with Gasteiger partial charge in [-0.15, -0.1) is 0 Å². The van der Waals surface area contributed by atoms with Crippen LogP contribution in [0.25, 0.3) is 0 Å². The van der Waals surface area contributed by atoms with E-state index in [-0.39, 0.29) is 23.9 Å². The third kappa shape index (κ3) is 4.97. The van der Waals surface area contributed by atoms with Crippen molar-refractivity contribution < 1.29 is 17.9 Å². The van der Waals surface area contributed by atoms with Gasteiger partial charge in [0.05, 0.1) is 4.90 Å². The number of amides is 1. The molecule has 1 aliphatic heterocycles. The van der Waals surface area contributed by atoms with Crippen molar-refractivity contribution in [1.82, 2.24) is 9.21 Å². The molecule has 0 N–H and O–H groups in total. The molecule has 0 aliphatic carbocycles. The molecule has 1 fully saturated rings. The highest BCUT2D eigenvalue weighted by atomic mass is 32.2. The van der Waals surface area contributed by atoms with Crippen molar-refractivity contribution in [2.45, 2.75) is 38.2 Å². The molecule has 0 radical (unpaired) electrons. The smallest absolute Gasteiger partial charge is 0.263 e. The average Bonchev–Trinajstić information content (AvgIpc) is 2.72. The van der Waals surface area contributed by atoms with E-state index in [1.54, 1.807) is 29.2 Å². The Balaban J connectivity index is 1.63. The molecule has 2 aromatic rings. The molecule has 3 rings (SSSR count). The van der Waals surface area contributed by atoms with Crippen LogP contribution in [-0.4, -0.2) is 55.8 Å². The number of rotatable bonds is 6. The first-order valence-electron chi connectivity index (χ1n) is 9.90. The first kappa shape index (κ1) is 21.3. The lowest BCUT2D eigenvalue weighted by Gasteiger charge is -2.35. The topological polar surface area (TPSA) is 66.9 Å². The molecule has 29 heavy (non-hydrogen) atoms. The van der Waals surface area contributed by atoms with Crippen LogP contribution in [0.2, 0.25) is 0 Å². The molecule has 0 spiro atoms. The van der Waals surface area contributed by atoms with Crippen molar-refractivity contribution in [2.24, 2.45) is 0 Å². The van der Waals surface area contributed by atoms with Crippen molar-refractivity contribution >= 4 is 15.9 Å². The normalized spacial score (nSPS) is 16.4. The molecule has 1 atom stereocenters. The summed E-state index contributed by atoms with van der Waals surface area (Å²) in [6.07, 6.45) is -0.0219. The lowest BCUT2D eigenvalue weighted by Crippen LogP contribution is -2.53. The summed E-state index contributed by atoms with van der Waals surface area (Å²) >= 11 is 0. The van der Waals surface area contributed by atoms with Crippen LogP contribution in [0, 0.1) is 13.8 Å². The molecule has 1 unspecified atom stereocenters. The standard InChI is InChI=1S/C22H28N2O4S/c1-4-21(28-19-7-5-6-18(3)16-19)22(25)23-12-14-24(15-13-23)29(26,27)20-10-8-17(2)9-11-20/h5-11,16,21H,4,12-15H2,1-3H3. The third-order valence-electron chi connectivity index (χ3n) is 5.12. The molecule has 0 aromatic heterocycles. The molecule has 7 heteroatoms. The van der Waals surface area contributed by atoms with E-state index in [1.807, 2.05) is 45.0 Å². The lowest BCUT2D eigenvalue weighted by atomic mass is 10.2. The number of carbonyl (C=O) groups is 1. The van der Waals surface area contributed by atoms with Crippen LogP contribution in [0.4, 0.5) is 0 Å². The number of hydrogen-bond donors (Lipinski definition) is 0. The number of piperazine rings is 1. The van der Waals surface area contributed by atoms with Crippen LogP contribution < -0.4 is 4.74 Å². The van der Waals surface area contributed by atoms with Gasteiger partial charge in [0.15, 0.2) is 6.10 Å². The van der Waals surface area contributed by atoms with Gasteiger partial charge in [-0.3, -0.25) is 4.79 Å². The van der Waals surface area contributed by atoms with Gasteiger partial charge >= 0.3 is 0 Å². The van der Waals surface area contributed by atoms with Gasteiger partial charge in [0.25, 0.3) is 5.91 Å². The molecule has 0 saturated carbocycles. The van der Waals surface area contributed by atoms with E-state index in [0.29, 0.717) is 25.3 Å². The van der Waals surface area contributed by atoms with Crippen LogP contribution in [-0.2, 0) is 14.8 Å². The van der Waals surface area contributed by atoms with Gasteiger partial charge in [0.2, 0.25) is 10.0 Å². The third-order valence-corrected chi connectivity index (χ3v) is 7.04. The Morgan fingerprint density at radius 1 is 1.00 bits per heavy atom. The van der Waals surface area contributed by atoms with Crippen molar-refractivity contribution in [1.29, 1.82) is 0 Å². The van der Waals surface area contributed by atoms with E-state index in [2.05, 4.69) is 0 Å². The summed E-state index contributed by atoms with van der Waals surface area (Å²) in [4.78, 5) is 14.9. The Labute approximate surface area is 173 Å². The average molecular weight is 417 g/mol. The number of aryl methyl sites for hydroxylation is 2. The van der Waals surface area contributed by atoms with E-state index in [9.17, 15) is 13.2 Å². The summed E-state index contributed by atoms with van der Waals surface area (Å²) < 4.78 is 33.0. The van der Waals surface area contributed by atoms with Gasteiger partial charge in [-0.2, -0.15) is 4.31 Å². The maximum Gasteiger partial charge on any atom is 0.263 e. The number of carbonyl (C=O) groups excluding carboxylic acids is 1. The minimum absolute atomic E-state index is 0.0959. The van der Waals surface area contributed by atoms with E-state index < -0.39 is 16.1 Å². The molecule has 1 saturated heterocycles. The quantitative estimate of drug-likeness (QED) is 0.726. The molecule has 156 valence electrons. The van der Waals surface area contributed by atoms with Crippen molar-refractivity contribution in [3.05, 3.63) is 59.7 Å². The van der Waals surface area contributed by atoms with Crippen LogP contribution in [0.3, 0.4) is 0 Å². The second-order valence-electron chi connectivity index (χ2n) is 7.37. The first-order chi connectivity index (χ1) is 13.8. The van der Waals surface area contributed by atoms with Crippen molar-refractivity contribution in [2.75, 3.05) is 26.2 Å². The highest BCUT2D eigenvalue weighted by Gasteiger charge is 2.32. The van der Waals surface area contributed by atoms with E-state index in [1.165, 1.54) is 4.31 Å². The van der Waals surface area contributed by atoms with Crippen LogP contribution in [0.1, 0.15) is 24.5 Å². The molecule has 1 aliphatic rings. The number of benzene rings is 2. The fourth-order valence-corrected chi connectivity index (χ4v) is 4.80. The molecular weight excluding hydrogens is 388 g/mol. The number of ether oxygens (including phenoxy) is 1. The number of nitrogens with zero attached hydrogens (tertiary/aromatic N) is 2. The van der Waals surface area contributed by atoms with Gasteiger partial charge in [-0.25, -0.2) is 8.42 Å². The van der Waals surface area contributed by atoms with E-state index in [4.69, 9.17) is 4.74 Å². The van der Waals surface area contributed by atoms with Crippen LogP contribution in [0.15, 0.2) is 53.4 Å². The molecular formula is C22H28N2O4S. The largest absolute Gasteiger partial charge is 0.481 e. The molecule has 1 heterocycles. The Bertz CT molecular complexity index is 949. The lowest BCUT2D eigenvalue weighted by molar-refractivity contribution is -0.140. The maximum absolute atomic E-state index is 12.9. The van der Waals surface area contributed by atoms with Crippen LogP contribution in [0.5, 0.6) is 5.75 Å². The molecule has 2 aromatic carbocycles. The Morgan fingerprint density at radius 2 is 1.66 bits per heavy atom. The molecule has 1 amide bonds. The molecule has 0 bridgehead atoms. The first-order valence-corrected chi connectivity index (χ1v) is 11.3. The van der Waals surface area contributed by atoms with Gasteiger partial charge in [0, 0.05) is 26.2 Å². The second kappa shape index (κ2) is 8.97. The summed E-state index contributed by atoms with van der Waals surface area (Å²) in [5.41, 5.74) is 2.08. The number of sulfonamides is 1. The minimum Gasteiger partial charge on any atom is -0.481 e. The van der Waals surface area contributed by atoms with E-state index in [0.717, 1.165) is 11.1 Å². The summed E-state index contributed by atoms with van der Waals surface area (Å²) in [5.74, 6) is 0.576. The number of hydrogen-bond acceptors (Lipinski definition) is 4. The minimum atomic E-state index is -3.54. The SMILES string of the molecule is CCC(Oc1cccc(C)c1)C(=O)N1CCN(S(=O)(=O)c2ccc(C)cc2)CC1. The van der Waals surface area contributed by atoms with Crippen LogP contribution >= 0.6 is 0 Å². The second-order valence-corrected chi connectivity index (χ2v) is 9.31. The predicted octanol–water partition coefficient (Wildman–Crippen LogP) is 2.99. The summed E-state index contributed by atoms with van der Waals surface area (Å²) in [5, 5.41) is 0. The summed E-state index contributed by atoms with van der Waals surface area (Å²) in [7, 11) is -3.54. The monoisotopic (exact) mass is 416 g/mol. The Morgan fingerprint density at radius 3 is 2.24 bits per heavy atom. The van der Waals surface area contributed by atoms with Crippen molar-refractivity contribution in [3.63, 3.8) is 0 Å². The van der Waals surface area contributed by atoms with Gasteiger partial charge in [-0.05, 0) is 50.1 Å². The van der Waals surface area contributed by atoms with Crippen molar-refractivity contribution in [3.8, 4) is 5.75 Å². The summed E-state index contributed by atoms with van der Waals surface area (Å²) in [6.45, 7) is 7.09. The molecule has 6 nitrogen and oxygen atoms in total. The Hall–Kier alpha value is -2.38. The fraction of sp³-hybridized carbons (Fsp3) is 0.409. The fourth-order valence-electron chi connectivity index (χ4n) is 3.37. The predicted molar refractivity (Wildman–Crippen MR) is 112 cm³/mol. The maximum atomic E-state index is 12.9. The zero-order chi connectivity index (χ0) is 21.0. The van der Waals surface area contributed by atoms with E-state index >= 15 is 0 Å². The highest BCUT2D eigenvalue weighted by Crippen LogP contribution is 2.20. The van der Waals surface area contributed by atoms with Gasteiger partial charge in [-0.1, -0.05) is 36.8 Å². The zero-order valence-corrected chi connectivity index (χ0v) is 18.0. The zero-order valence-electron chi connectivity index (χ0n) is 17.2. The van der Waals surface area contributed by atoms with Gasteiger partial charge < -0.3 is 9.64 Å².